The van der Waals surface area contributed by atoms with Crippen molar-refractivity contribution in [1.29, 1.82) is 0 Å². The number of hydrogen-bond acceptors (Lipinski definition) is 2. The third kappa shape index (κ3) is 3.85. The minimum atomic E-state index is 0.183. The Hall–Kier alpha value is 0.210. The van der Waals surface area contributed by atoms with Crippen molar-refractivity contribution in [3.05, 3.63) is 0 Å². The van der Waals surface area contributed by atoms with Crippen molar-refractivity contribution >= 4 is 11.6 Å². The Morgan fingerprint density at radius 1 is 1.22 bits per heavy atom. The van der Waals surface area contributed by atoms with Gasteiger partial charge in [0.1, 0.15) is 0 Å². The predicted molar refractivity (Wildman–Crippen MR) is 77.3 cm³/mol. The molecule has 0 bridgehead atoms. The van der Waals surface area contributed by atoms with Gasteiger partial charge in [-0.15, -0.1) is 11.6 Å². The summed E-state index contributed by atoms with van der Waals surface area (Å²) in [5, 5.41) is 3.53. The second-order valence-electron chi connectivity index (χ2n) is 6.95. The molecule has 0 aromatic rings. The van der Waals surface area contributed by atoms with Gasteiger partial charge in [0.15, 0.2) is 0 Å². The summed E-state index contributed by atoms with van der Waals surface area (Å²) >= 11 is 5.93. The largest absolute Gasteiger partial charge is 0.370 e. The number of ether oxygens (including phenoxy) is 1. The van der Waals surface area contributed by atoms with E-state index in [9.17, 15) is 0 Å². The first-order chi connectivity index (χ1) is 8.55. The zero-order valence-corrected chi connectivity index (χ0v) is 12.7. The number of halogens is 1. The molecular formula is C15H28ClNO. The molecule has 2 nitrogen and oxygen atoms in total. The lowest BCUT2D eigenvalue weighted by Crippen LogP contribution is -2.38. The topological polar surface area (TPSA) is 21.3 Å². The van der Waals surface area contributed by atoms with E-state index >= 15 is 0 Å². The minimum Gasteiger partial charge on any atom is -0.370 e. The minimum absolute atomic E-state index is 0.183. The molecular weight excluding hydrogens is 246 g/mol. The lowest BCUT2D eigenvalue weighted by molar-refractivity contribution is -0.0626. The monoisotopic (exact) mass is 273 g/mol. The highest BCUT2D eigenvalue weighted by Crippen LogP contribution is 2.41. The first-order valence-corrected chi connectivity index (χ1v) is 8.03. The fourth-order valence-electron chi connectivity index (χ4n) is 3.22. The Morgan fingerprint density at radius 2 is 1.94 bits per heavy atom. The van der Waals surface area contributed by atoms with Crippen molar-refractivity contribution in [2.75, 3.05) is 19.0 Å². The molecule has 1 saturated heterocycles. The quantitative estimate of drug-likeness (QED) is 0.771. The second kappa shape index (κ2) is 6.11. The Kier molecular flexibility index (Phi) is 4.96. The van der Waals surface area contributed by atoms with Crippen LogP contribution in [0.2, 0.25) is 0 Å². The lowest BCUT2D eigenvalue weighted by Gasteiger charge is -2.33. The van der Waals surface area contributed by atoms with Crippen molar-refractivity contribution in [3.8, 4) is 0 Å². The second-order valence-corrected chi connectivity index (χ2v) is 7.22. The molecule has 1 N–H and O–H groups in total. The van der Waals surface area contributed by atoms with Crippen LogP contribution in [0.3, 0.4) is 0 Å². The summed E-state index contributed by atoms with van der Waals surface area (Å²) in [6, 6.07) is 0. The van der Waals surface area contributed by atoms with Crippen LogP contribution in [0.1, 0.15) is 58.8 Å². The van der Waals surface area contributed by atoms with Crippen LogP contribution in [0.5, 0.6) is 0 Å². The van der Waals surface area contributed by atoms with Gasteiger partial charge >= 0.3 is 0 Å². The van der Waals surface area contributed by atoms with Gasteiger partial charge in [0, 0.05) is 19.0 Å². The third-order valence-electron chi connectivity index (χ3n) is 4.44. The number of rotatable bonds is 5. The smallest absolute Gasteiger partial charge is 0.0708 e. The maximum absolute atomic E-state index is 6.34. The molecule has 2 aliphatic rings. The Labute approximate surface area is 117 Å². The third-order valence-corrected chi connectivity index (χ3v) is 5.16. The molecule has 2 rings (SSSR count). The van der Waals surface area contributed by atoms with Gasteiger partial charge in [0.2, 0.25) is 0 Å². The van der Waals surface area contributed by atoms with Crippen molar-refractivity contribution in [3.63, 3.8) is 0 Å². The van der Waals surface area contributed by atoms with E-state index in [1.165, 1.54) is 44.9 Å². The van der Waals surface area contributed by atoms with Gasteiger partial charge in [-0.05, 0) is 31.1 Å². The number of alkyl halides is 1. The highest BCUT2D eigenvalue weighted by atomic mass is 35.5. The van der Waals surface area contributed by atoms with Crippen molar-refractivity contribution in [2.45, 2.75) is 70.5 Å². The molecule has 1 unspecified atom stereocenters. The summed E-state index contributed by atoms with van der Waals surface area (Å²) in [6.07, 6.45) is 9.63. The average Bonchev–Trinajstić information content (AvgIpc) is 2.73. The molecule has 106 valence electrons. The summed E-state index contributed by atoms with van der Waals surface area (Å²) in [6.45, 7) is 6.36. The maximum Gasteiger partial charge on any atom is 0.0708 e. The van der Waals surface area contributed by atoms with Crippen LogP contribution in [0.4, 0.5) is 0 Å². The van der Waals surface area contributed by atoms with E-state index in [2.05, 4.69) is 19.2 Å². The SMILES string of the molecule is CC(C)(CCl)CNCC1CCC2(CCCCC2)O1. The fourth-order valence-corrected chi connectivity index (χ4v) is 3.32. The average molecular weight is 274 g/mol. The van der Waals surface area contributed by atoms with Gasteiger partial charge in [0.25, 0.3) is 0 Å². The molecule has 1 aliphatic carbocycles. The maximum atomic E-state index is 6.34. The number of hydrogen-bond donors (Lipinski definition) is 1. The summed E-state index contributed by atoms with van der Waals surface area (Å²) < 4.78 is 6.34. The fraction of sp³-hybridized carbons (Fsp3) is 1.00. The van der Waals surface area contributed by atoms with E-state index in [1.807, 2.05) is 0 Å². The van der Waals surface area contributed by atoms with Crippen LogP contribution in [0.25, 0.3) is 0 Å². The summed E-state index contributed by atoms with van der Waals surface area (Å²) in [4.78, 5) is 0. The van der Waals surface area contributed by atoms with Crippen molar-refractivity contribution in [2.24, 2.45) is 5.41 Å². The van der Waals surface area contributed by atoms with E-state index in [1.54, 1.807) is 0 Å². The van der Waals surface area contributed by atoms with Gasteiger partial charge in [-0.25, -0.2) is 0 Å². The van der Waals surface area contributed by atoms with E-state index in [0.29, 0.717) is 12.0 Å². The Bertz CT molecular complexity index is 261. The standard InChI is InChI=1S/C15H28ClNO/c1-14(2,11-16)12-17-10-13-6-9-15(18-13)7-4-3-5-8-15/h13,17H,3-12H2,1-2H3. The van der Waals surface area contributed by atoms with Gasteiger partial charge in [-0.2, -0.15) is 0 Å². The Balaban J connectivity index is 1.69. The highest BCUT2D eigenvalue weighted by molar-refractivity contribution is 6.18. The molecule has 0 radical (unpaired) electrons. The first kappa shape index (κ1) is 14.6. The van der Waals surface area contributed by atoms with Crippen LogP contribution in [0.15, 0.2) is 0 Å². The molecule has 0 aromatic heterocycles. The molecule has 1 saturated carbocycles. The molecule has 18 heavy (non-hydrogen) atoms. The van der Waals surface area contributed by atoms with Gasteiger partial charge in [-0.1, -0.05) is 33.1 Å². The van der Waals surface area contributed by atoms with Gasteiger partial charge in [-0.3, -0.25) is 0 Å². The molecule has 0 amide bonds. The van der Waals surface area contributed by atoms with E-state index in [0.717, 1.165) is 13.1 Å². The summed E-state index contributed by atoms with van der Waals surface area (Å²) in [5.41, 5.74) is 0.440. The van der Waals surface area contributed by atoms with Crippen LogP contribution < -0.4 is 5.32 Å². The van der Waals surface area contributed by atoms with Gasteiger partial charge in [0.05, 0.1) is 11.7 Å². The van der Waals surface area contributed by atoms with Gasteiger partial charge < -0.3 is 10.1 Å². The molecule has 1 atom stereocenters. The predicted octanol–water partition coefficient (Wildman–Crippen LogP) is 3.72. The molecule has 3 heteroatoms. The zero-order valence-electron chi connectivity index (χ0n) is 11.9. The molecule has 1 heterocycles. The Morgan fingerprint density at radius 3 is 2.61 bits per heavy atom. The van der Waals surface area contributed by atoms with E-state index in [-0.39, 0.29) is 11.0 Å². The molecule has 1 aliphatic heterocycles. The lowest BCUT2D eigenvalue weighted by atomic mass is 9.83. The summed E-state index contributed by atoms with van der Waals surface area (Å²) in [5.74, 6) is 0.704. The first-order valence-electron chi connectivity index (χ1n) is 7.50. The van der Waals surface area contributed by atoms with Crippen molar-refractivity contribution < 1.29 is 4.74 Å². The van der Waals surface area contributed by atoms with Crippen molar-refractivity contribution in [1.82, 2.24) is 5.32 Å². The molecule has 2 fully saturated rings. The number of nitrogens with one attached hydrogen (secondary N) is 1. The van der Waals surface area contributed by atoms with Crippen LogP contribution in [0, 0.1) is 5.41 Å². The normalized spacial score (nSPS) is 27.8. The van der Waals surface area contributed by atoms with Crippen LogP contribution in [-0.2, 0) is 4.74 Å². The van der Waals surface area contributed by atoms with Crippen LogP contribution >= 0.6 is 11.6 Å². The van der Waals surface area contributed by atoms with Crippen LogP contribution in [-0.4, -0.2) is 30.7 Å². The summed E-state index contributed by atoms with van der Waals surface area (Å²) in [7, 11) is 0. The zero-order chi connectivity index (χ0) is 13.1. The van der Waals surface area contributed by atoms with E-state index < -0.39 is 0 Å². The molecule has 1 spiro atoms. The molecule has 0 aromatic carbocycles. The highest BCUT2D eigenvalue weighted by Gasteiger charge is 2.40. The van der Waals surface area contributed by atoms with E-state index in [4.69, 9.17) is 16.3 Å².